The van der Waals surface area contributed by atoms with Gasteiger partial charge in [-0.25, -0.2) is 0 Å². The Morgan fingerprint density at radius 3 is 3.06 bits per heavy atom. The van der Waals surface area contributed by atoms with Crippen molar-refractivity contribution in [3.05, 3.63) is 29.8 Å². The third-order valence-corrected chi connectivity index (χ3v) is 1.79. The first-order valence-corrected chi connectivity index (χ1v) is 4.94. The second kappa shape index (κ2) is 7.22. The lowest BCUT2D eigenvalue weighted by molar-refractivity contribution is -0.125. The van der Waals surface area contributed by atoms with Crippen molar-refractivity contribution in [3.8, 4) is 11.8 Å². The maximum atomic E-state index is 10.4. The van der Waals surface area contributed by atoms with Crippen molar-refractivity contribution in [3.63, 3.8) is 0 Å². The smallest absolute Gasteiger partial charge is 0.245 e. The summed E-state index contributed by atoms with van der Waals surface area (Å²) >= 11 is 0. The number of hydrogen-bond donors (Lipinski definition) is 2. The standard InChI is InChI=1S/C11H13N3O3/c12-4-5-16-10-3-1-2-9(6-10)7-14-17-8-11(13)15/h1-3,6,14H,5,7-8H2,(H2,13,15). The topological polar surface area (TPSA) is 97.4 Å². The Bertz CT molecular complexity index is 415. The number of nitrogens with two attached hydrogens (primary N) is 1. The molecule has 0 heterocycles. The average molecular weight is 235 g/mol. The summed E-state index contributed by atoms with van der Waals surface area (Å²) in [6.07, 6.45) is 0. The molecule has 0 radical (unpaired) electrons. The molecular formula is C11H13N3O3. The van der Waals surface area contributed by atoms with Crippen LogP contribution in [0.1, 0.15) is 5.56 Å². The molecule has 0 aliphatic carbocycles. The Balaban J connectivity index is 2.38. The van der Waals surface area contributed by atoms with E-state index in [0.29, 0.717) is 12.3 Å². The molecule has 1 amide bonds. The van der Waals surface area contributed by atoms with Gasteiger partial charge in [0, 0.05) is 6.54 Å². The van der Waals surface area contributed by atoms with E-state index in [1.165, 1.54) is 0 Å². The molecule has 0 saturated carbocycles. The van der Waals surface area contributed by atoms with Crippen molar-refractivity contribution in [1.29, 1.82) is 5.26 Å². The number of benzene rings is 1. The molecule has 0 spiro atoms. The van der Waals surface area contributed by atoms with E-state index in [1.54, 1.807) is 18.2 Å². The minimum Gasteiger partial charge on any atom is -0.479 e. The Morgan fingerprint density at radius 2 is 2.35 bits per heavy atom. The van der Waals surface area contributed by atoms with Crippen LogP contribution < -0.4 is 16.0 Å². The molecule has 0 fully saturated rings. The number of carbonyl (C=O) groups excluding carboxylic acids is 1. The second-order valence-corrected chi connectivity index (χ2v) is 3.17. The van der Waals surface area contributed by atoms with Crippen molar-refractivity contribution in [2.75, 3.05) is 13.2 Å². The normalized spacial score (nSPS) is 9.59. The SMILES string of the molecule is N#CCOc1cccc(CNOCC(N)=O)c1. The van der Waals surface area contributed by atoms with Crippen LogP contribution in [0.25, 0.3) is 0 Å². The molecule has 0 bridgehead atoms. The van der Waals surface area contributed by atoms with Gasteiger partial charge in [0.05, 0.1) is 0 Å². The molecule has 0 aliphatic heterocycles. The highest BCUT2D eigenvalue weighted by molar-refractivity contribution is 5.74. The van der Waals surface area contributed by atoms with E-state index < -0.39 is 5.91 Å². The van der Waals surface area contributed by atoms with E-state index in [1.807, 2.05) is 12.1 Å². The van der Waals surface area contributed by atoms with Gasteiger partial charge in [-0.1, -0.05) is 12.1 Å². The lowest BCUT2D eigenvalue weighted by atomic mass is 10.2. The van der Waals surface area contributed by atoms with Crippen LogP contribution in [-0.2, 0) is 16.2 Å². The molecule has 0 unspecified atom stereocenters. The molecule has 0 atom stereocenters. The van der Waals surface area contributed by atoms with Crippen molar-refractivity contribution < 1.29 is 14.4 Å². The highest BCUT2D eigenvalue weighted by Gasteiger charge is 1.98. The fourth-order valence-corrected chi connectivity index (χ4v) is 1.12. The first-order valence-electron chi connectivity index (χ1n) is 4.94. The van der Waals surface area contributed by atoms with Gasteiger partial charge in [0.25, 0.3) is 0 Å². The van der Waals surface area contributed by atoms with Gasteiger partial charge in [-0.2, -0.15) is 10.7 Å². The Hall–Kier alpha value is -2.10. The van der Waals surface area contributed by atoms with Crippen LogP contribution >= 0.6 is 0 Å². The molecule has 0 aromatic heterocycles. The van der Waals surface area contributed by atoms with Gasteiger partial charge in [-0.05, 0) is 17.7 Å². The van der Waals surface area contributed by atoms with Crippen LogP contribution in [0.3, 0.4) is 0 Å². The van der Waals surface area contributed by atoms with Gasteiger partial charge >= 0.3 is 0 Å². The lowest BCUT2D eigenvalue weighted by Crippen LogP contribution is -2.24. The van der Waals surface area contributed by atoms with Crippen LogP contribution in [0.15, 0.2) is 24.3 Å². The third-order valence-electron chi connectivity index (χ3n) is 1.79. The van der Waals surface area contributed by atoms with Crippen LogP contribution in [0, 0.1) is 11.3 Å². The number of hydroxylamine groups is 1. The second-order valence-electron chi connectivity index (χ2n) is 3.17. The number of nitrogens with one attached hydrogen (secondary N) is 1. The quantitative estimate of drug-likeness (QED) is 0.516. The van der Waals surface area contributed by atoms with E-state index in [2.05, 4.69) is 5.48 Å². The van der Waals surface area contributed by atoms with E-state index in [-0.39, 0.29) is 13.2 Å². The summed E-state index contributed by atoms with van der Waals surface area (Å²) in [6.45, 7) is 0.247. The molecule has 0 aliphatic rings. The summed E-state index contributed by atoms with van der Waals surface area (Å²) in [4.78, 5) is 15.2. The molecule has 6 nitrogen and oxygen atoms in total. The predicted molar refractivity (Wildman–Crippen MR) is 59.5 cm³/mol. The fraction of sp³-hybridized carbons (Fsp3) is 0.273. The van der Waals surface area contributed by atoms with E-state index >= 15 is 0 Å². The zero-order valence-corrected chi connectivity index (χ0v) is 9.18. The van der Waals surface area contributed by atoms with Gasteiger partial charge in [0.2, 0.25) is 5.91 Å². The first-order chi connectivity index (χ1) is 8.22. The lowest BCUT2D eigenvalue weighted by Gasteiger charge is -2.06. The van der Waals surface area contributed by atoms with Crippen LogP contribution in [0.4, 0.5) is 0 Å². The van der Waals surface area contributed by atoms with E-state index in [9.17, 15) is 4.79 Å². The third kappa shape index (κ3) is 5.51. The number of amides is 1. The molecule has 90 valence electrons. The Morgan fingerprint density at radius 1 is 1.53 bits per heavy atom. The summed E-state index contributed by atoms with van der Waals surface area (Å²) in [6, 6.07) is 9.08. The molecule has 0 saturated heterocycles. The fourth-order valence-electron chi connectivity index (χ4n) is 1.12. The average Bonchev–Trinajstić information content (AvgIpc) is 2.32. The van der Waals surface area contributed by atoms with Gasteiger partial charge in [0.15, 0.2) is 6.61 Å². The number of nitriles is 1. The van der Waals surface area contributed by atoms with E-state index in [4.69, 9.17) is 20.6 Å². The van der Waals surface area contributed by atoms with Crippen molar-refractivity contribution >= 4 is 5.91 Å². The molecule has 6 heteroatoms. The number of hydrogen-bond acceptors (Lipinski definition) is 5. The summed E-state index contributed by atoms with van der Waals surface area (Å²) < 4.78 is 5.14. The Kier molecular flexibility index (Phi) is 5.51. The van der Waals surface area contributed by atoms with Gasteiger partial charge in [-0.3, -0.25) is 9.63 Å². The van der Waals surface area contributed by atoms with Crippen molar-refractivity contribution in [2.45, 2.75) is 6.54 Å². The summed E-state index contributed by atoms with van der Waals surface area (Å²) in [5.74, 6) is 0.0735. The molecule has 1 aromatic carbocycles. The minimum atomic E-state index is -0.538. The largest absolute Gasteiger partial charge is 0.479 e. The van der Waals surface area contributed by atoms with Crippen LogP contribution in [-0.4, -0.2) is 19.1 Å². The van der Waals surface area contributed by atoms with Gasteiger partial charge in [0.1, 0.15) is 18.4 Å². The first kappa shape index (κ1) is 13.0. The monoisotopic (exact) mass is 235 g/mol. The van der Waals surface area contributed by atoms with Crippen LogP contribution in [0.5, 0.6) is 5.75 Å². The molecule has 17 heavy (non-hydrogen) atoms. The molecule has 3 N–H and O–H groups in total. The zero-order valence-electron chi connectivity index (χ0n) is 9.18. The number of ether oxygens (including phenoxy) is 1. The van der Waals surface area contributed by atoms with Gasteiger partial charge < -0.3 is 10.5 Å². The molecule has 1 aromatic rings. The summed E-state index contributed by atoms with van der Waals surface area (Å²) in [5.41, 5.74) is 8.40. The van der Waals surface area contributed by atoms with Crippen LogP contribution in [0.2, 0.25) is 0 Å². The highest BCUT2D eigenvalue weighted by Crippen LogP contribution is 2.12. The van der Waals surface area contributed by atoms with E-state index in [0.717, 1.165) is 5.56 Å². The maximum absolute atomic E-state index is 10.4. The molecule has 1 rings (SSSR count). The number of primary amides is 1. The maximum Gasteiger partial charge on any atom is 0.245 e. The summed E-state index contributed by atoms with van der Waals surface area (Å²) in [5, 5.41) is 8.37. The van der Waals surface area contributed by atoms with Crippen molar-refractivity contribution in [2.24, 2.45) is 5.73 Å². The Labute approximate surface area is 98.9 Å². The number of rotatable bonds is 7. The van der Waals surface area contributed by atoms with Gasteiger partial charge in [-0.15, -0.1) is 0 Å². The summed E-state index contributed by atoms with van der Waals surface area (Å²) in [7, 11) is 0. The minimum absolute atomic E-state index is 0.00899. The van der Waals surface area contributed by atoms with Crippen molar-refractivity contribution in [1.82, 2.24) is 5.48 Å². The number of carbonyl (C=O) groups is 1. The molecular weight excluding hydrogens is 222 g/mol. The number of nitrogens with zero attached hydrogens (tertiary/aromatic N) is 1. The zero-order chi connectivity index (χ0) is 12.5. The highest BCUT2D eigenvalue weighted by atomic mass is 16.6. The predicted octanol–water partition coefficient (Wildman–Crippen LogP) is 0.0955.